The highest BCUT2D eigenvalue weighted by molar-refractivity contribution is 5.64. The molecule has 6 nitrogen and oxygen atoms in total. The minimum absolute atomic E-state index is 0.00997. The summed E-state index contributed by atoms with van der Waals surface area (Å²) in [5.41, 5.74) is 1.18. The maximum Gasteiger partial charge on any atom is 0.161 e. The number of aliphatic hydroxyl groups is 2. The molecule has 0 saturated heterocycles. The van der Waals surface area contributed by atoms with Gasteiger partial charge in [-0.2, -0.15) is 0 Å². The van der Waals surface area contributed by atoms with E-state index in [0.29, 0.717) is 22.6 Å². The molecule has 2 rings (SSSR count). The molecule has 3 N–H and O–H groups in total. The van der Waals surface area contributed by atoms with Crippen molar-refractivity contribution >= 4 is 12.2 Å². The van der Waals surface area contributed by atoms with E-state index in [-0.39, 0.29) is 23.0 Å². The second-order valence-electron chi connectivity index (χ2n) is 5.10. The largest absolute Gasteiger partial charge is 0.504 e. The summed E-state index contributed by atoms with van der Waals surface area (Å²) in [5.74, 6) is 0.682. The SMILES string of the molecule is COc1cc(/C=C(O)/C(O)=C/c2ccc(OC)c(OC)c2)ccc1O. The van der Waals surface area contributed by atoms with E-state index in [0.717, 1.165) is 0 Å². The second-order valence-corrected chi connectivity index (χ2v) is 5.10. The molecule has 132 valence electrons. The van der Waals surface area contributed by atoms with Crippen LogP contribution in [0.15, 0.2) is 47.9 Å². The molecule has 0 radical (unpaired) electrons. The van der Waals surface area contributed by atoms with E-state index in [1.54, 1.807) is 24.3 Å². The van der Waals surface area contributed by atoms with Gasteiger partial charge in [0.25, 0.3) is 0 Å². The highest BCUT2D eigenvalue weighted by atomic mass is 16.5. The average Bonchev–Trinajstić information content (AvgIpc) is 2.62. The van der Waals surface area contributed by atoms with Gasteiger partial charge in [-0.05, 0) is 47.5 Å². The second kappa shape index (κ2) is 8.01. The van der Waals surface area contributed by atoms with Gasteiger partial charge in [-0.1, -0.05) is 12.1 Å². The first-order valence-electron chi connectivity index (χ1n) is 7.39. The molecule has 0 bridgehead atoms. The van der Waals surface area contributed by atoms with Gasteiger partial charge in [0.15, 0.2) is 34.5 Å². The van der Waals surface area contributed by atoms with Crippen LogP contribution in [0.3, 0.4) is 0 Å². The molecule has 0 aliphatic carbocycles. The van der Waals surface area contributed by atoms with Crippen LogP contribution in [0.4, 0.5) is 0 Å². The smallest absolute Gasteiger partial charge is 0.161 e. The summed E-state index contributed by atoms with van der Waals surface area (Å²) in [6.07, 6.45) is 2.75. The fourth-order valence-electron chi connectivity index (χ4n) is 2.19. The zero-order chi connectivity index (χ0) is 18.4. The van der Waals surface area contributed by atoms with E-state index in [2.05, 4.69) is 0 Å². The van der Waals surface area contributed by atoms with E-state index in [9.17, 15) is 15.3 Å². The van der Waals surface area contributed by atoms with Crippen molar-refractivity contribution in [2.75, 3.05) is 21.3 Å². The molecule has 0 fully saturated rings. The van der Waals surface area contributed by atoms with E-state index in [1.165, 1.54) is 45.6 Å². The molecule has 0 aliphatic rings. The van der Waals surface area contributed by atoms with Gasteiger partial charge in [-0.25, -0.2) is 0 Å². The van der Waals surface area contributed by atoms with Crippen LogP contribution in [0.1, 0.15) is 11.1 Å². The summed E-state index contributed by atoms with van der Waals surface area (Å²) in [6, 6.07) is 9.64. The summed E-state index contributed by atoms with van der Waals surface area (Å²) >= 11 is 0. The molecular formula is C19H20O6. The van der Waals surface area contributed by atoms with Crippen molar-refractivity contribution in [1.29, 1.82) is 0 Å². The summed E-state index contributed by atoms with van der Waals surface area (Å²) in [7, 11) is 4.48. The van der Waals surface area contributed by atoms with Crippen LogP contribution >= 0.6 is 0 Å². The molecule has 0 heterocycles. The van der Waals surface area contributed by atoms with E-state index in [4.69, 9.17) is 14.2 Å². The van der Waals surface area contributed by atoms with Gasteiger partial charge in [-0.15, -0.1) is 0 Å². The molecule has 0 spiro atoms. The fraction of sp³-hybridized carbons (Fsp3) is 0.158. The van der Waals surface area contributed by atoms with Gasteiger partial charge in [0, 0.05) is 0 Å². The molecule has 0 saturated carbocycles. The van der Waals surface area contributed by atoms with Gasteiger partial charge in [0.2, 0.25) is 0 Å². The van der Waals surface area contributed by atoms with Gasteiger partial charge in [0.1, 0.15) is 0 Å². The third-order valence-corrected chi connectivity index (χ3v) is 3.48. The zero-order valence-electron chi connectivity index (χ0n) is 14.2. The molecular weight excluding hydrogens is 324 g/mol. The number of hydrogen-bond acceptors (Lipinski definition) is 6. The Morgan fingerprint density at radius 3 is 1.72 bits per heavy atom. The van der Waals surface area contributed by atoms with Crippen molar-refractivity contribution in [3.05, 3.63) is 59.0 Å². The minimum atomic E-state index is -0.331. The van der Waals surface area contributed by atoms with E-state index < -0.39 is 0 Å². The lowest BCUT2D eigenvalue weighted by Crippen LogP contribution is -1.92. The average molecular weight is 344 g/mol. The monoisotopic (exact) mass is 344 g/mol. The van der Waals surface area contributed by atoms with Crippen molar-refractivity contribution < 1.29 is 29.5 Å². The molecule has 0 aromatic heterocycles. The predicted octanol–water partition coefficient (Wildman–Crippen LogP) is 3.92. The number of phenols is 1. The van der Waals surface area contributed by atoms with Crippen molar-refractivity contribution in [2.45, 2.75) is 0 Å². The van der Waals surface area contributed by atoms with Crippen LogP contribution in [0.2, 0.25) is 0 Å². The standard InChI is InChI=1S/C19H20O6/c1-23-17-7-5-13(11-19(17)25-3)9-16(22)15(21)8-12-4-6-14(20)18(10-12)24-2/h4-11,20-22H,1-3H3/b15-8-,16-9-. The lowest BCUT2D eigenvalue weighted by Gasteiger charge is -2.08. The van der Waals surface area contributed by atoms with Crippen LogP contribution in [0.25, 0.3) is 12.2 Å². The Labute approximate surface area is 145 Å². The topological polar surface area (TPSA) is 88.4 Å². The van der Waals surface area contributed by atoms with Crippen molar-refractivity contribution in [1.82, 2.24) is 0 Å². The zero-order valence-corrected chi connectivity index (χ0v) is 14.2. The summed E-state index contributed by atoms with van der Waals surface area (Å²) < 4.78 is 15.4. The van der Waals surface area contributed by atoms with Crippen molar-refractivity contribution in [2.24, 2.45) is 0 Å². The minimum Gasteiger partial charge on any atom is -0.504 e. The maximum absolute atomic E-state index is 10.1. The van der Waals surface area contributed by atoms with Crippen LogP contribution in [-0.2, 0) is 0 Å². The molecule has 2 aromatic rings. The Bertz CT molecular complexity index is 808. The number of rotatable bonds is 6. The van der Waals surface area contributed by atoms with Crippen LogP contribution in [0.5, 0.6) is 23.0 Å². The fourth-order valence-corrected chi connectivity index (χ4v) is 2.19. The molecule has 0 atom stereocenters. The number of ether oxygens (including phenoxy) is 3. The number of hydrogen-bond donors (Lipinski definition) is 3. The lowest BCUT2D eigenvalue weighted by molar-refractivity contribution is 0.334. The lowest BCUT2D eigenvalue weighted by atomic mass is 10.1. The summed E-state index contributed by atoms with van der Waals surface area (Å²) in [6.45, 7) is 0. The van der Waals surface area contributed by atoms with Crippen molar-refractivity contribution in [3.8, 4) is 23.0 Å². The number of methoxy groups -OCH3 is 3. The normalized spacial score (nSPS) is 12.0. The van der Waals surface area contributed by atoms with Crippen molar-refractivity contribution in [3.63, 3.8) is 0 Å². The molecule has 25 heavy (non-hydrogen) atoms. The molecule has 0 aliphatic heterocycles. The Kier molecular flexibility index (Phi) is 5.79. The number of aliphatic hydroxyl groups excluding tert-OH is 2. The van der Waals surface area contributed by atoms with Gasteiger partial charge >= 0.3 is 0 Å². The Morgan fingerprint density at radius 2 is 1.20 bits per heavy atom. The predicted molar refractivity (Wildman–Crippen MR) is 95.4 cm³/mol. The van der Waals surface area contributed by atoms with Crippen LogP contribution in [0, 0.1) is 0 Å². The van der Waals surface area contributed by atoms with Gasteiger partial charge < -0.3 is 29.5 Å². The Hall–Kier alpha value is -3.28. The van der Waals surface area contributed by atoms with Crippen LogP contribution in [-0.4, -0.2) is 36.6 Å². The number of benzene rings is 2. The highest BCUT2D eigenvalue weighted by Crippen LogP contribution is 2.29. The molecule has 0 amide bonds. The number of aromatic hydroxyl groups is 1. The van der Waals surface area contributed by atoms with E-state index >= 15 is 0 Å². The third-order valence-electron chi connectivity index (χ3n) is 3.48. The quantitative estimate of drug-likeness (QED) is 0.544. The first-order valence-corrected chi connectivity index (χ1v) is 7.39. The van der Waals surface area contributed by atoms with Gasteiger partial charge in [0.05, 0.1) is 21.3 Å². The Balaban J connectivity index is 2.29. The summed E-state index contributed by atoms with van der Waals surface area (Å²) in [4.78, 5) is 0. The maximum atomic E-state index is 10.1. The van der Waals surface area contributed by atoms with E-state index in [1.807, 2.05) is 0 Å². The van der Waals surface area contributed by atoms with Gasteiger partial charge in [-0.3, -0.25) is 0 Å². The van der Waals surface area contributed by atoms with Crippen LogP contribution < -0.4 is 14.2 Å². The summed E-state index contributed by atoms with van der Waals surface area (Å²) in [5, 5.41) is 29.7. The number of phenolic OH excluding ortho intramolecular Hbond substituents is 1. The third kappa shape index (κ3) is 4.38. The molecule has 6 heteroatoms. The first-order chi connectivity index (χ1) is 12.0. The Morgan fingerprint density at radius 1 is 0.720 bits per heavy atom. The molecule has 0 unspecified atom stereocenters. The highest BCUT2D eigenvalue weighted by Gasteiger charge is 2.07. The first kappa shape index (κ1) is 18.1. The molecule has 2 aromatic carbocycles.